The van der Waals surface area contributed by atoms with Crippen molar-refractivity contribution in [1.29, 1.82) is 0 Å². The molecule has 1 aliphatic heterocycles. The van der Waals surface area contributed by atoms with Crippen LogP contribution in [0.2, 0.25) is 0 Å². The third-order valence-electron chi connectivity index (χ3n) is 5.77. The van der Waals surface area contributed by atoms with Crippen molar-refractivity contribution >= 4 is 17.4 Å². The van der Waals surface area contributed by atoms with Gasteiger partial charge in [0.25, 0.3) is 11.5 Å². The minimum Gasteiger partial charge on any atom is -0.384 e. The molecule has 3 heterocycles. The summed E-state index contributed by atoms with van der Waals surface area (Å²) >= 11 is 0. The Hall–Kier alpha value is -3.04. The van der Waals surface area contributed by atoms with Crippen LogP contribution in [0.4, 0.5) is 11.5 Å². The van der Waals surface area contributed by atoms with Gasteiger partial charge >= 0.3 is 0 Å². The van der Waals surface area contributed by atoms with Crippen LogP contribution in [0, 0.1) is 5.92 Å². The predicted molar refractivity (Wildman–Crippen MR) is 126 cm³/mol. The molecule has 0 atom stereocenters. The lowest BCUT2D eigenvalue weighted by Gasteiger charge is -2.38. The Labute approximate surface area is 187 Å². The smallest absolute Gasteiger partial charge is 0.259 e. The van der Waals surface area contributed by atoms with Crippen molar-refractivity contribution in [3.05, 3.63) is 46.5 Å². The zero-order chi connectivity index (χ0) is 22.7. The maximum atomic E-state index is 13.3. The molecule has 0 spiro atoms. The molecule has 2 aromatic heterocycles. The van der Waals surface area contributed by atoms with Crippen molar-refractivity contribution in [2.45, 2.75) is 25.3 Å². The summed E-state index contributed by atoms with van der Waals surface area (Å²) < 4.78 is 0. The van der Waals surface area contributed by atoms with E-state index < -0.39 is 0 Å². The van der Waals surface area contributed by atoms with Crippen molar-refractivity contribution in [3.8, 4) is 11.4 Å². The Bertz CT molecular complexity index is 1050. The number of aromatic nitrogens is 3. The molecule has 0 unspecified atom stereocenters. The highest BCUT2D eigenvalue weighted by Gasteiger charge is 2.34. The summed E-state index contributed by atoms with van der Waals surface area (Å²) in [5.74, 6) is 1.33. The molecule has 0 radical (unpaired) electrons. The minimum absolute atomic E-state index is 0.0100. The summed E-state index contributed by atoms with van der Waals surface area (Å²) in [6.45, 7) is 2.06. The third kappa shape index (κ3) is 4.89. The fourth-order valence-corrected chi connectivity index (χ4v) is 3.74. The molecule has 1 amide bonds. The Morgan fingerprint density at radius 1 is 1.28 bits per heavy atom. The van der Waals surface area contributed by atoms with Gasteiger partial charge in [-0.25, -0.2) is 9.97 Å². The second-order valence-corrected chi connectivity index (χ2v) is 8.69. The van der Waals surface area contributed by atoms with E-state index in [2.05, 4.69) is 15.6 Å². The number of carbonyl (C=O) groups is 1. The van der Waals surface area contributed by atoms with E-state index in [9.17, 15) is 9.59 Å². The number of rotatable bonds is 9. The molecule has 2 fully saturated rings. The monoisotopic (exact) mass is 437 g/mol. The van der Waals surface area contributed by atoms with Crippen molar-refractivity contribution in [3.63, 3.8) is 0 Å². The van der Waals surface area contributed by atoms with Gasteiger partial charge in [-0.15, -0.1) is 0 Å². The van der Waals surface area contributed by atoms with Crippen LogP contribution in [0.3, 0.4) is 0 Å². The molecule has 170 valence electrons. The molecule has 2 aromatic rings. The Morgan fingerprint density at radius 2 is 2.06 bits per heavy atom. The number of pyridine rings is 1. The summed E-state index contributed by atoms with van der Waals surface area (Å²) in [4.78, 5) is 41.8. The first-order valence-corrected chi connectivity index (χ1v) is 11.1. The molecule has 9 nitrogen and oxygen atoms in total. The molecule has 3 N–H and O–H groups in total. The Kier molecular flexibility index (Phi) is 6.66. The highest BCUT2D eigenvalue weighted by molar-refractivity contribution is 6.03. The number of likely N-dealkylation sites (N-methyl/N-ethyl adjacent to an activating group) is 1. The fourth-order valence-electron chi connectivity index (χ4n) is 3.74. The zero-order valence-electron chi connectivity index (χ0n) is 18.9. The fraction of sp³-hybridized carbons (Fsp3) is 0.478. The van der Waals surface area contributed by atoms with Crippen molar-refractivity contribution in [2.24, 2.45) is 5.92 Å². The quantitative estimate of drug-likeness (QED) is 0.507. The van der Waals surface area contributed by atoms with E-state index in [-0.39, 0.29) is 17.5 Å². The number of H-pyrrole nitrogens is 1. The molecule has 0 bridgehead atoms. The molecule has 1 aliphatic carbocycles. The van der Waals surface area contributed by atoms with Crippen molar-refractivity contribution in [2.75, 3.05) is 51.0 Å². The summed E-state index contributed by atoms with van der Waals surface area (Å²) in [6, 6.07) is 3.46. The zero-order valence-corrected chi connectivity index (χ0v) is 18.9. The SMILES string of the molecule is CNc1c(CC2CC2)nc(-c2ccc[nH]c2=O)nc1N(C(=O)C=CCN(C)C)C1CNC1. The number of aromatic amines is 1. The average molecular weight is 438 g/mol. The Balaban J connectivity index is 1.82. The third-order valence-corrected chi connectivity index (χ3v) is 5.77. The van der Waals surface area contributed by atoms with Crippen LogP contribution in [0.25, 0.3) is 11.4 Å². The first-order valence-electron chi connectivity index (χ1n) is 11.1. The number of anilines is 2. The Morgan fingerprint density at radius 3 is 2.66 bits per heavy atom. The standard InChI is InChI=1S/C23H31N7O2/c1-24-20-18(12-15-8-9-15)27-21(17-6-4-10-26-23(17)32)28-22(20)30(16-13-25-14-16)19(31)7-5-11-29(2)3/h4-7,10,15-16,24-25H,8-9,11-14H2,1-3H3,(H,26,32). The maximum Gasteiger partial charge on any atom is 0.259 e. The molecule has 1 saturated heterocycles. The van der Waals surface area contributed by atoms with E-state index in [4.69, 9.17) is 9.97 Å². The second-order valence-electron chi connectivity index (χ2n) is 8.69. The van der Waals surface area contributed by atoms with Crippen LogP contribution in [-0.2, 0) is 11.2 Å². The highest BCUT2D eigenvalue weighted by Crippen LogP contribution is 2.38. The molecule has 9 heteroatoms. The van der Waals surface area contributed by atoms with Gasteiger partial charge in [0.05, 0.1) is 23.0 Å². The number of hydrogen-bond donors (Lipinski definition) is 3. The highest BCUT2D eigenvalue weighted by atomic mass is 16.2. The van der Waals surface area contributed by atoms with E-state index >= 15 is 0 Å². The molecular formula is C23H31N7O2. The van der Waals surface area contributed by atoms with Gasteiger partial charge in [0.15, 0.2) is 11.6 Å². The lowest BCUT2D eigenvalue weighted by Crippen LogP contribution is -2.59. The van der Waals surface area contributed by atoms with Crippen LogP contribution >= 0.6 is 0 Å². The summed E-state index contributed by atoms with van der Waals surface area (Å²) in [5.41, 5.74) is 1.76. The van der Waals surface area contributed by atoms with Crippen LogP contribution in [0.15, 0.2) is 35.3 Å². The average Bonchev–Trinajstić information content (AvgIpc) is 3.54. The van der Waals surface area contributed by atoms with E-state index in [1.807, 2.05) is 32.1 Å². The van der Waals surface area contributed by atoms with Crippen molar-refractivity contribution in [1.82, 2.24) is 25.2 Å². The van der Waals surface area contributed by atoms with Gasteiger partial charge in [-0.3, -0.25) is 14.5 Å². The predicted octanol–water partition coefficient (Wildman–Crippen LogP) is 1.25. The molecule has 32 heavy (non-hydrogen) atoms. The molecule has 0 aromatic carbocycles. The van der Waals surface area contributed by atoms with Gasteiger partial charge in [0, 0.05) is 39.0 Å². The van der Waals surface area contributed by atoms with E-state index in [0.29, 0.717) is 42.8 Å². The number of nitrogens with zero attached hydrogens (tertiary/aromatic N) is 4. The topological polar surface area (TPSA) is 106 Å². The lowest BCUT2D eigenvalue weighted by atomic mass is 10.1. The number of amides is 1. The van der Waals surface area contributed by atoms with Crippen molar-refractivity contribution < 1.29 is 4.79 Å². The molecular weight excluding hydrogens is 406 g/mol. The summed E-state index contributed by atoms with van der Waals surface area (Å²) in [7, 11) is 5.75. The summed E-state index contributed by atoms with van der Waals surface area (Å²) in [6.07, 6.45) is 8.19. The summed E-state index contributed by atoms with van der Waals surface area (Å²) in [5, 5.41) is 6.49. The van der Waals surface area contributed by atoms with Gasteiger partial charge < -0.3 is 20.5 Å². The van der Waals surface area contributed by atoms with Gasteiger partial charge in [0.2, 0.25) is 0 Å². The first kappa shape index (κ1) is 22.2. The number of nitrogens with one attached hydrogen (secondary N) is 3. The van der Waals surface area contributed by atoms with Gasteiger partial charge in [-0.1, -0.05) is 6.08 Å². The van der Waals surface area contributed by atoms with E-state index in [0.717, 1.165) is 17.8 Å². The normalized spacial score (nSPS) is 16.4. The van der Waals surface area contributed by atoms with Crippen LogP contribution < -0.4 is 21.1 Å². The van der Waals surface area contributed by atoms with Crippen LogP contribution in [0.5, 0.6) is 0 Å². The maximum absolute atomic E-state index is 13.3. The largest absolute Gasteiger partial charge is 0.384 e. The molecule has 1 saturated carbocycles. The number of carbonyl (C=O) groups excluding carboxylic acids is 1. The number of hydrogen-bond acceptors (Lipinski definition) is 7. The molecule has 4 rings (SSSR count). The van der Waals surface area contributed by atoms with Gasteiger partial charge in [-0.2, -0.15) is 0 Å². The van der Waals surface area contributed by atoms with E-state index in [1.54, 1.807) is 29.3 Å². The van der Waals surface area contributed by atoms with E-state index in [1.165, 1.54) is 12.8 Å². The first-order chi connectivity index (χ1) is 15.5. The van der Waals surface area contributed by atoms with Gasteiger partial charge in [0.1, 0.15) is 0 Å². The lowest BCUT2D eigenvalue weighted by molar-refractivity contribution is -0.114. The minimum atomic E-state index is -0.248. The van der Waals surface area contributed by atoms with Crippen LogP contribution in [-0.4, -0.2) is 72.6 Å². The second kappa shape index (κ2) is 9.62. The molecule has 2 aliphatic rings. The van der Waals surface area contributed by atoms with Crippen LogP contribution in [0.1, 0.15) is 18.5 Å². The van der Waals surface area contributed by atoms with Gasteiger partial charge in [-0.05, 0) is 51.4 Å².